The summed E-state index contributed by atoms with van der Waals surface area (Å²) < 4.78 is 52.3. The van der Waals surface area contributed by atoms with Gasteiger partial charge in [0.05, 0.1) is 28.1 Å². The summed E-state index contributed by atoms with van der Waals surface area (Å²) in [7, 11) is -3.00. The van der Waals surface area contributed by atoms with Crippen molar-refractivity contribution in [3.05, 3.63) is 59.8 Å². The molecule has 214 valence electrons. The Labute approximate surface area is 242 Å². The summed E-state index contributed by atoms with van der Waals surface area (Å²) in [5.74, 6) is -1.84. The van der Waals surface area contributed by atoms with Crippen LogP contribution in [-0.2, 0) is 14.6 Å². The molecule has 2 heterocycles. The molecule has 3 fully saturated rings. The molecule has 0 radical (unpaired) electrons. The lowest BCUT2D eigenvalue weighted by Crippen LogP contribution is -2.42. The van der Waals surface area contributed by atoms with E-state index in [9.17, 15) is 27.3 Å². The van der Waals surface area contributed by atoms with E-state index in [1.807, 2.05) is 29.2 Å². The number of nitrogens with zero attached hydrogens (tertiary/aromatic N) is 3. The maximum atomic E-state index is 14.9. The number of anilines is 1. The molecule has 3 aliphatic rings. The van der Waals surface area contributed by atoms with Gasteiger partial charge >= 0.3 is 0 Å². The van der Waals surface area contributed by atoms with Gasteiger partial charge < -0.3 is 10.2 Å². The van der Waals surface area contributed by atoms with Crippen LogP contribution < -0.4 is 10.2 Å². The molecule has 1 aliphatic heterocycles. The third-order valence-electron chi connectivity index (χ3n) is 8.43. The first-order chi connectivity index (χ1) is 19.7. The number of carbonyl (C=O) groups excluding carboxylic acids is 1. The topological polar surface area (TPSA) is 103 Å². The van der Waals surface area contributed by atoms with Crippen molar-refractivity contribution in [3.63, 3.8) is 0 Å². The van der Waals surface area contributed by atoms with Crippen LogP contribution in [0.2, 0.25) is 0 Å². The molecular formula is C30H30F2N4O3S2. The predicted molar refractivity (Wildman–Crippen MR) is 154 cm³/mol. The highest BCUT2D eigenvalue weighted by molar-refractivity contribution is 7.91. The zero-order chi connectivity index (χ0) is 28.8. The van der Waals surface area contributed by atoms with Crippen LogP contribution in [0.5, 0.6) is 0 Å². The highest BCUT2D eigenvalue weighted by Crippen LogP contribution is 2.47. The van der Waals surface area contributed by atoms with E-state index in [0.29, 0.717) is 43.1 Å². The van der Waals surface area contributed by atoms with Crippen molar-refractivity contribution >= 4 is 32.8 Å². The SMILES string of the molecule is N#CC1(NC(=O)C2CCCCC2c2nc(-c3ccc(F)cc3F)sc2-c2ccc(N3CCS(=O)(=O)CC3)cc2)CC1. The number of thiazole rings is 1. The van der Waals surface area contributed by atoms with Crippen LogP contribution in [0.25, 0.3) is 21.0 Å². The van der Waals surface area contributed by atoms with Gasteiger partial charge in [0, 0.05) is 42.2 Å². The summed E-state index contributed by atoms with van der Waals surface area (Å²) in [6.45, 7) is 0.870. The highest BCUT2D eigenvalue weighted by Gasteiger charge is 2.47. The Morgan fingerprint density at radius 3 is 2.44 bits per heavy atom. The Kier molecular flexibility index (Phi) is 7.32. The second kappa shape index (κ2) is 10.8. The second-order valence-electron chi connectivity index (χ2n) is 11.2. The van der Waals surface area contributed by atoms with Crippen LogP contribution in [0.3, 0.4) is 0 Å². The van der Waals surface area contributed by atoms with Crippen molar-refractivity contribution in [2.75, 3.05) is 29.5 Å². The van der Waals surface area contributed by atoms with Crippen LogP contribution in [0, 0.1) is 28.9 Å². The van der Waals surface area contributed by atoms with E-state index in [1.165, 1.54) is 23.5 Å². The number of amides is 1. The number of nitrogens with one attached hydrogen (secondary N) is 1. The number of sulfone groups is 1. The van der Waals surface area contributed by atoms with Gasteiger partial charge in [-0.05, 0) is 55.5 Å². The third-order valence-corrected chi connectivity index (χ3v) is 11.2. The predicted octanol–water partition coefficient (Wildman–Crippen LogP) is 5.44. The molecule has 0 bridgehead atoms. The minimum absolute atomic E-state index is 0.124. The number of nitriles is 1. The molecular weight excluding hydrogens is 566 g/mol. The summed E-state index contributed by atoms with van der Waals surface area (Å²) in [6, 6.07) is 13.5. The van der Waals surface area contributed by atoms with Gasteiger partial charge in [-0.25, -0.2) is 22.2 Å². The zero-order valence-electron chi connectivity index (χ0n) is 22.4. The van der Waals surface area contributed by atoms with E-state index < -0.39 is 27.0 Å². The molecule has 6 rings (SSSR count). The number of rotatable bonds is 6. The van der Waals surface area contributed by atoms with Gasteiger partial charge in [-0.2, -0.15) is 5.26 Å². The quantitative estimate of drug-likeness (QED) is 0.407. The number of halogens is 2. The molecule has 2 saturated carbocycles. The third kappa shape index (κ3) is 5.72. The number of hydrogen-bond acceptors (Lipinski definition) is 7. The van der Waals surface area contributed by atoms with Gasteiger partial charge in [0.1, 0.15) is 22.2 Å². The first kappa shape index (κ1) is 27.8. The van der Waals surface area contributed by atoms with Gasteiger partial charge in [-0.1, -0.05) is 25.0 Å². The lowest BCUT2D eigenvalue weighted by molar-refractivity contribution is -0.127. The molecule has 2 atom stereocenters. The monoisotopic (exact) mass is 596 g/mol. The van der Waals surface area contributed by atoms with Crippen LogP contribution in [0.1, 0.15) is 50.1 Å². The molecule has 41 heavy (non-hydrogen) atoms. The van der Waals surface area contributed by atoms with E-state index in [-0.39, 0.29) is 34.8 Å². The van der Waals surface area contributed by atoms with Gasteiger partial charge in [0.2, 0.25) is 5.91 Å². The smallest absolute Gasteiger partial charge is 0.225 e. The number of benzene rings is 2. The maximum absolute atomic E-state index is 14.9. The average Bonchev–Trinajstić information content (AvgIpc) is 3.60. The second-order valence-corrected chi connectivity index (χ2v) is 14.5. The largest absolute Gasteiger partial charge is 0.369 e. The zero-order valence-corrected chi connectivity index (χ0v) is 24.0. The van der Waals surface area contributed by atoms with Crippen molar-refractivity contribution in [2.24, 2.45) is 5.92 Å². The normalized spacial score (nSPS) is 23.0. The van der Waals surface area contributed by atoms with Gasteiger partial charge in [-0.15, -0.1) is 11.3 Å². The molecule has 7 nitrogen and oxygen atoms in total. The lowest BCUT2D eigenvalue weighted by Gasteiger charge is -2.31. The number of carbonyl (C=O) groups is 1. The van der Waals surface area contributed by atoms with Crippen LogP contribution in [-0.4, -0.2) is 49.4 Å². The molecule has 2 unspecified atom stereocenters. The summed E-state index contributed by atoms with van der Waals surface area (Å²) in [5, 5.41) is 12.9. The van der Waals surface area contributed by atoms with E-state index in [0.717, 1.165) is 41.5 Å². The average molecular weight is 597 g/mol. The first-order valence-electron chi connectivity index (χ1n) is 13.9. The summed E-state index contributed by atoms with van der Waals surface area (Å²) >= 11 is 1.31. The minimum Gasteiger partial charge on any atom is -0.369 e. The van der Waals surface area contributed by atoms with Crippen LogP contribution >= 0.6 is 11.3 Å². The standard InChI is InChI=1S/C30H30F2N4O3S2/c31-20-7-10-24(25(32)17-20)29-34-26(22-3-1-2-4-23(22)28(37)35-30(18-33)11-12-30)27(40-29)19-5-8-21(9-6-19)36-13-15-41(38,39)16-14-36/h5-10,17,22-23H,1-4,11-16H2,(H,35,37). The van der Waals surface area contributed by atoms with E-state index in [2.05, 4.69) is 11.4 Å². The molecule has 11 heteroatoms. The van der Waals surface area contributed by atoms with Crippen molar-refractivity contribution in [1.82, 2.24) is 10.3 Å². The number of aromatic nitrogens is 1. The Morgan fingerprint density at radius 2 is 1.78 bits per heavy atom. The lowest BCUT2D eigenvalue weighted by atomic mass is 9.76. The molecule has 2 aromatic carbocycles. The fraction of sp³-hybridized carbons (Fsp3) is 0.433. The van der Waals surface area contributed by atoms with Gasteiger partial charge in [0.15, 0.2) is 9.84 Å². The summed E-state index contributed by atoms with van der Waals surface area (Å²) in [6.07, 6.45) is 4.53. The fourth-order valence-electron chi connectivity index (χ4n) is 5.85. The van der Waals surface area contributed by atoms with Crippen LogP contribution in [0.15, 0.2) is 42.5 Å². The van der Waals surface area contributed by atoms with Gasteiger partial charge in [0.25, 0.3) is 0 Å². The van der Waals surface area contributed by atoms with Crippen molar-refractivity contribution in [1.29, 1.82) is 5.26 Å². The van der Waals surface area contributed by atoms with E-state index in [4.69, 9.17) is 4.98 Å². The van der Waals surface area contributed by atoms with E-state index in [1.54, 1.807) is 0 Å². The first-order valence-corrected chi connectivity index (χ1v) is 16.6. The number of hydrogen-bond donors (Lipinski definition) is 1. The summed E-state index contributed by atoms with van der Waals surface area (Å²) in [5.41, 5.74) is 1.93. The van der Waals surface area contributed by atoms with Crippen molar-refractivity contribution < 1.29 is 22.0 Å². The van der Waals surface area contributed by atoms with E-state index >= 15 is 0 Å². The maximum Gasteiger partial charge on any atom is 0.225 e. The van der Waals surface area contributed by atoms with Crippen LogP contribution in [0.4, 0.5) is 14.5 Å². The molecule has 0 spiro atoms. The fourth-order valence-corrected chi connectivity index (χ4v) is 8.22. The van der Waals surface area contributed by atoms with Gasteiger partial charge in [-0.3, -0.25) is 4.79 Å². The Hall–Kier alpha value is -3.36. The summed E-state index contributed by atoms with van der Waals surface area (Å²) in [4.78, 5) is 21.2. The minimum atomic E-state index is -3.00. The molecule has 1 saturated heterocycles. The van der Waals surface area contributed by atoms with Crippen molar-refractivity contribution in [3.8, 4) is 27.1 Å². The molecule has 1 aromatic heterocycles. The molecule has 1 amide bonds. The Morgan fingerprint density at radius 1 is 1.07 bits per heavy atom. The van der Waals surface area contributed by atoms with Crippen molar-refractivity contribution in [2.45, 2.75) is 50.0 Å². The Bertz CT molecular complexity index is 1610. The molecule has 2 aliphatic carbocycles. The molecule has 1 N–H and O–H groups in total. The molecule has 3 aromatic rings. The Balaban J connectivity index is 1.37. The highest BCUT2D eigenvalue weighted by atomic mass is 32.2.